The normalized spacial score (nSPS) is 24.0. The third-order valence-electron chi connectivity index (χ3n) is 5.71. The van der Waals surface area contributed by atoms with Gasteiger partial charge in [0, 0.05) is 20.0 Å². The minimum Gasteiger partial charge on any atom is -0.381 e. The lowest BCUT2D eigenvalue weighted by atomic mass is 9.72. The summed E-state index contributed by atoms with van der Waals surface area (Å²) in [6.07, 6.45) is 4.20. The van der Waals surface area contributed by atoms with Crippen molar-refractivity contribution in [2.45, 2.75) is 82.4 Å². The Labute approximate surface area is 165 Å². The third-order valence-corrected chi connectivity index (χ3v) is 5.71. The summed E-state index contributed by atoms with van der Waals surface area (Å²) in [7, 11) is 1.35. The second kappa shape index (κ2) is 9.98. The lowest BCUT2D eigenvalue weighted by molar-refractivity contribution is -0.132. The van der Waals surface area contributed by atoms with Crippen molar-refractivity contribution < 1.29 is 23.5 Å². The minimum absolute atomic E-state index is 0. The molecule has 1 aliphatic heterocycles. The lowest BCUT2D eigenvalue weighted by Gasteiger charge is -2.32. The summed E-state index contributed by atoms with van der Waals surface area (Å²) in [4.78, 5) is 24.3. The van der Waals surface area contributed by atoms with Crippen LogP contribution in [0.3, 0.4) is 0 Å². The molecule has 2 fully saturated rings. The molecular weight excluding hydrogens is 380 g/mol. The molecule has 0 aromatic heterocycles. The van der Waals surface area contributed by atoms with Crippen molar-refractivity contribution in [3.05, 3.63) is 0 Å². The zero-order valence-corrected chi connectivity index (χ0v) is 16.8. The van der Waals surface area contributed by atoms with Gasteiger partial charge in [-0.3, -0.25) is 9.59 Å². The first-order valence-corrected chi connectivity index (χ1v) is 9.47. The maximum Gasteiger partial charge on any atom is 0.250 e. The molecule has 1 saturated heterocycles. The molecule has 4 N–H and O–H groups in total. The highest BCUT2D eigenvalue weighted by molar-refractivity contribution is 5.85. The predicted octanol–water partition coefficient (Wildman–Crippen LogP) is 1.75. The molecule has 9 heteroatoms. The van der Waals surface area contributed by atoms with Crippen LogP contribution in [0.15, 0.2) is 0 Å². The van der Waals surface area contributed by atoms with Gasteiger partial charge in [0.15, 0.2) is 6.10 Å². The van der Waals surface area contributed by atoms with Crippen molar-refractivity contribution in [2.75, 3.05) is 13.6 Å². The molecule has 0 aromatic carbocycles. The van der Waals surface area contributed by atoms with Crippen LogP contribution in [0.1, 0.15) is 58.3 Å². The highest BCUT2D eigenvalue weighted by Crippen LogP contribution is 2.42. The monoisotopic (exact) mass is 411 g/mol. The summed E-state index contributed by atoms with van der Waals surface area (Å²) in [6, 6.07) is -1.45. The number of rotatable bonds is 7. The van der Waals surface area contributed by atoms with Crippen LogP contribution in [-0.4, -0.2) is 54.6 Å². The van der Waals surface area contributed by atoms with Crippen molar-refractivity contribution in [2.24, 2.45) is 5.41 Å². The Hall–Kier alpha value is -0.990. The molecule has 0 radical (unpaired) electrons. The Morgan fingerprint density at radius 2 is 1.93 bits per heavy atom. The van der Waals surface area contributed by atoms with Gasteiger partial charge < -0.3 is 21.1 Å². The standard InChI is InChI=1S/C18H31F2N3O3.ClH/c1-17(19,20)9-6-12(14(24)16(26)21-2)23-15(25)13-10-18(11-22-13)7-4-3-5-8-18;/h12-14,22,24H,3-11H2,1-2H3,(H,21,26)(H,23,25);1H/t12?,13-,14?;/m0./s1. The molecule has 27 heavy (non-hydrogen) atoms. The van der Waals surface area contributed by atoms with E-state index >= 15 is 0 Å². The van der Waals surface area contributed by atoms with Gasteiger partial charge in [0.2, 0.25) is 11.8 Å². The number of hydrogen-bond acceptors (Lipinski definition) is 4. The molecule has 2 unspecified atom stereocenters. The van der Waals surface area contributed by atoms with Crippen molar-refractivity contribution in [1.82, 2.24) is 16.0 Å². The van der Waals surface area contributed by atoms with Crippen LogP contribution in [0.25, 0.3) is 0 Å². The third kappa shape index (κ3) is 6.84. The number of aliphatic hydroxyl groups excluding tert-OH is 1. The van der Waals surface area contributed by atoms with E-state index in [-0.39, 0.29) is 30.2 Å². The molecular formula is C18H32ClF2N3O3. The number of likely N-dealkylation sites (N-methyl/N-ethyl adjacent to an activating group) is 1. The summed E-state index contributed by atoms with van der Waals surface area (Å²) in [5.41, 5.74) is 0.144. The number of carbonyl (C=O) groups excluding carboxylic acids is 2. The molecule has 1 spiro atoms. The number of aliphatic hydroxyl groups is 1. The molecule has 6 nitrogen and oxygen atoms in total. The maximum atomic E-state index is 13.2. The quantitative estimate of drug-likeness (QED) is 0.513. The lowest BCUT2D eigenvalue weighted by Crippen LogP contribution is -2.53. The zero-order valence-electron chi connectivity index (χ0n) is 16.0. The fourth-order valence-electron chi connectivity index (χ4n) is 4.12. The van der Waals surface area contributed by atoms with Gasteiger partial charge in [-0.2, -0.15) is 0 Å². The Morgan fingerprint density at radius 1 is 1.30 bits per heavy atom. The minimum atomic E-state index is -2.93. The van der Waals surface area contributed by atoms with Gasteiger partial charge in [-0.05, 0) is 38.0 Å². The fraction of sp³-hybridized carbons (Fsp3) is 0.889. The van der Waals surface area contributed by atoms with E-state index in [1.165, 1.54) is 26.3 Å². The van der Waals surface area contributed by atoms with Crippen LogP contribution in [0, 0.1) is 5.41 Å². The Kier molecular flexibility index (Phi) is 8.89. The van der Waals surface area contributed by atoms with Gasteiger partial charge >= 0.3 is 0 Å². The first-order chi connectivity index (χ1) is 12.2. The van der Waals surface area contributed by atoms with Gasteiger partial charge in [0.1, 0.15) is 0 Å². The van der Waals surface area contributed by atoms with E-state index in [4.69, 9.17) is 0 Å². The maximum absolute atomic E-state index is 13.2. The van der Waals surface area contributed by atoms with E-state index in [2.05, 4.69) is 16.0 Å². The van der Waals surface area contributed by atoms with Gasteiger partial charge in [-0.15, -0.1) is 12.4 Å². The van der Waals surface area contributed by atoms with Gasteiger partial charge in [-0.1, -0.05) is 19.3 Å². The zero-order chi connectivity index (χ0) is 19.4. The van der Waals surface area contributed by atoms with Crippen LogP contribution in [0.2, 0.25) is 0 Å². The molecule has 1 saturated carbocycles. The first kappa shape index (κ1) is 24.0. The number of amides is 2. The smallest absolute Gasteiger partial charge is 0.250 e. The van der Waals surface area contributed by atoms with E-state index < -0.39 is 36.4 Å². The Balaban J connectivity index is 0.00000364. The molecule has 2 rings (SSSR count). The summed E-state index contributed by atoms with van der Waals surface area (Å²) in [5, 5.41) is 18.3. The van der Waals surface area contributed by atoms with Crippen molar-refractivity contribution in [3.63, 3.8) is 0 Å². The van der Waals surface area contributed by atoms with Crippen LogP contribution in [0.4, 0.5) is 8.78 Å². The summed E-state index contributed by atoms with van der Waals surface area (Å²) < 4.78 is 26.4. The number of alkyl halides is 2. The van der Waals surface area contributed by atoms with Gasteiger partial charge in [0.05, 0.1) is 12.1 Å². The average Bonchev–Trinajstić information content (AvgIpc) is 3.00. The molecule has 0 bridgehead atoms. The fourth-order valence-corrected chi connectivity index (χ4v) is 4.12. The topological polar surface area (TPSA) is 90.5 Å². The first-order valence-electron chi connectivity index (χ1n) is 9.47. The van der Waals surface area contributed by atoms with Crippen LogP contribution >= 0.6 is 12.4 Å². The van der Waals surface area contributed by atoms with Gasteiger partial charge in [-0.25, -0.2) is 8.78 Å². The van der Waals surface area contributed by atoms with Crippen LogP contribution in [0.5, 0.6) is 0 Å². The van der Waals surface area contributed by atoms with Crippen molar-refractivity contribution in [3.8, 4) is 0 Å². The molecule has 1 aliphatic carbocycles. The molecule has 0 aromatic rings. The highest BCUT2D eigenvalue weighted by Gasteiger charge is 2.43. The molecule has 2 amide bonds. The van der Waals surface area contributed by atoms with Gasteiger partial charge in [0.25, 0.3) is 5.91 Å². The average molecular weight is 412 g/mol. The largest absolute Gasteiger partial charge is 0.381 e. The highest BCUT2D eigenvalue weighted by atomic mass is 35.5. The van der Waals surface area contributed by atoms with E-state index in [9.17, 15) is 23.5 Å². The summed E-state index contributed by atoms with van der Waals surface area (Å²) in [6.45, 7) is 1.56. The molecule has 158 valence electrons. The number of halogens is 3. The van der Waals surface area contributed by atoms with E-state index in [1.54, 1.807) is 0 Å². The van der Waals surface area contributed by atoms with Crippen molar-refractivity contribution >= 4 is 24.2 Å². The predicted molar refractivity (Wildman–Crippen MR) is 101 cm³/mol. The number of carbonyl (C=O) groups is 2. The van der Waals surface area contributed by atoms with Crippen LogP contribution < -0.4 is 16.0 Å². The van der Waals surface area contributed by atoms with E-state index in [0.29, 0.717) is 6.42 Å². The summed E-state index contributed by atoms with van der Waals surface area (Å²) in [5.74, 6) is -3.96. The Morgan fingerprint density at radius 3 is 2.48 bits per heavy atom. The molecule has 2 aliphatic rings. The number of nitrogens with one attached hydrogen (secondary N) is 3. The van der Waals surface area contributed by atoms with Crippen molar-refractivity contribution in [1.29, 1.82) is 0 Å². The van der Waals surface area contributed by atoms with E-state index in [0.717, 1.165) is 26.3 Å². The molecule has 1 heterocycles. The summed E-state index contributed by atoms with van der Waals surface area (Å²) >= 11 is 0. The second-order valence-corrected chi connectivity index (χ2v) is 7.98. The Bertz CT molecular complexity index is 511. The van der Waals surface area contributed by atoms with Crippen LogP contribution in [-0.2, 0) is 9.59 Å². The number of hydrogen-bond donors (Lipinski definition) is 4. The molecule has 3 atom stereocenters. The second-order valence-electron chi connectivity index (χ2n) is 7.98. The SMILES string of the molecule is CNC(=O)C(O)C(CCC(C)(F)F)NC(=O)[C@@H]1CC2(CCCCC2)CN1.Cl. The van der Waals surface area contributed by atoms with E-state index in [1.807, 2.05) is 0 Å².